The van der Waals surface area contributed by atoms with Crippen LogP contribution in [0.3, 0.4) is 0 Å². The number of hydrogen-bond acceptors (Lipinski definition) is 4. The van der Waals surface area contributed by atoms with Gasteiger partial charge in [-0.2, -0.15) is 4.31 Å². The smallest absolute Gasteiger partial charge is 0.251 e. The number of sulfonamides is 1. The van der Waals surface area contributed by atoms with Crippen LogP contribution >= 0.6 is 0 Å². The van der Waals surface area contributed by atoms with Crippen molar-refractivity contribution >= 4 is 15.9 Å². The van der Waals surface area contributed by atoms with Gasteiger partial charge in [0, 0.05) is 18.7 Å². The Morgan fingerprint density at radius 1 is 1.10 bits per heavy atom. The molecule has 1 amide bonds. The van der Waals surface area contributed by atoms with Crippen molar-refractivity contribution in [2.45, 2.75) is 51.0 Å². The van der Waals surface area contributed by atoms with Crippen molar-refractivity contribution in [2.24, 2.45) is 0 Å². The molecule has 1 atom stereocenters. The van der Waals surface area contributed by atoms with Crippen LogP contribution in [0, 0.1) is 13.8 Å². The van der Waals surface area contributed by atoms with Crippen LogP contribution in [-0.2, 0) is 10.0 Å². The van der Waals surface area contributed by atoms with Crippen molar-refractivity contribution < 1.29 is 17.9 Å². The van der Waals surface area contributed by atoms with Gasteiger partial charge in [0.15, 0.2) is 0 Å². The van der Waals surface area contributed by atoms with Crippen molar-refractivity contribution in [3.63, 3.8) is 0 Å². The molecule has 2 aromatic rings. The molecule has 1 aliphatic heterocycles. The SMILES string of the molecule is CC[C@H](NC(=O)c1ccc(C)c(S(=O)(=O)N2CCCC2)c1)c1ccc(OC)c(C)c1. The third kappa shape index (κ3) is 4.52. The summed E-state index contributed by atoms with van der Waals surface area (Å²) >= 11 is 0. The Balaban J connectivity index is 1.85. The molecule has 1 N–H and O–H groups in total. The first kappa shape index (κ1) is 22.3. The average molecular weight is 431 g/mol. The minimum absolute atomic E-state index is 0.179. The second kappa shape index (κ2) is 9.18. The molecule has 1 aliphatic rings. The normalized spacial score (nSPS) is 15.7. The summed E-state index contributed by atoms with van der Waals surface area (Å²) in [5, 5.41) is 3.04. The van der Waals surface area contributed by atoms with Gasteiger partial charge < -0.3 is 10.1 Å². The molecule has 0 saturated carbocycles. The molecule has 2 aromatic carbocycles. The molecule has 0 radical (unpaired) electrons. The summed E-state index contributed by atoms with van der Waals surface area (Å²) in [7, 11) is -1.95. The number of amides is 1. The number of carbonyl (C=O) groups excluding carboxylic acids is 1. The summed E-state index contributed by atoms with van der Waals surface area (Å²) in [5.74, 6) is 0.517. The van der Waals surface area contributed by atoms with Crippen molar-refractivity contribution in [1.29, 1.82) is 0 Å². The molecule has 7 heteroatoms. The van der Waals surface area contributed by atoms with Crippen LogP contribution in [0.2, 0.25) is 0 Å². The third-order valence-corrected chi connectivity index (χ3v) is 7.71. The van der Waals surface area contributed by atoms with Gasteiger partial charge in [0.1, 0.15) is 5.75 Å². The molecule has 0 unspecified atom stereocenters. The van der Waals surface area contributed by atoms with Gasteiger partial charge in [0.25, 0.3) is 5.91 Å². The van der Waals surface area contributed by atoms with Crippen LogP contribution in [-0.4, -0.2) is 38.8 Å². The van der Waals surface area contributed by atoms with Gasteiger partial charge in [-0.15, -0.1) is 0 Å². The maximum atomic E-state index is 13.0. The summed E-state index contributed by atoms with van der Waals surface area (Å²) in [6, 6.07) is 10.6. The van der Waals surface area contributed by atoms with Crippen molar-refractivity contribution in [3.05, 3.63) is 58.7 Å². The Morgan fingerprint density at radius 3 is 2.40 bits per heavy atom. The summed E-state index contributed by atoms with van der Waals surface area (Å²) in [5.41, 5.74) is 2.98. The van der Waals surface area contributed by atoms with E-state index in [-0.39, 0.29) is 16.8 Å². The van der Waals surface area contributed by atoms with E-state index in [0.717, 1.165) is 29.7 Å². The lowest BCUT2D eigenvalue weighted by Crippen LogP contribution is -2.30. The van der Waals surface area contributed by atoms with E-state index >= 15 is 0 Å². The highest BCUT2D eigenvalue weighted by atomic mass is 32.2. The minimum Gasteiger partial charge on any atom is -0.496 e. The van der Waals surface area contributed by atoms with Crippen LogP contribution in [0.25, 0.3) is 0 Å². The fourth-order valence-corrected chi connectivity index (χ4v) is 5.64. The summed E-state index contributed by atoms with van der Waals surface area (Å²) in [6.45, 7) is 6.80. The molecule has 1 saturated heterocycles. The highest BCUT2D eigenvalue weighted by molar-refractivity contribution is 7.89. The number of benzene rings is 2. The van der Waals surface area contributed by atoms with Gasteiger partial charge >= 0.3 is 0 Å². The largest absolute Gasteiger partial charge is 0.496 e. The first-order chi connectivity index (χ1) is 14.3. The number of ether oxygens (including phenoxy) is 1. The fraction of sp³-hybridized carbons (Fsp3) is 0.435. The number of nitrogens with zero attached hydrogens (tertiary/aromatic N) is 1. The third-order valence-electron chi connectivity index (χ3n) is 5.67. The molecule has 1 heterocycles. The van der Waals surface area contributed by atoms with Crippen molar-refractivity contribution in [3.8, 4) is 5.75 Å². The van der Waals surface area contributed by atoms with Crippen LogP contribution < -0.4 is 10.1 Å². The van der Waals surface area contributed by atoms with Crippen LogP contribution in [0.15, 0.2) is 41.3 Å². The zero-order valence-corrected chi connectivity index (χ0v) is 18.9. The quantitative estimate of drug-likeness (QED) is 0.721. The number of rotatable bonds is 7. The van der Waals surface area contributed by atoms with Crippen molar-refractivity contribution in [2.75, 3.05) is 20.2 Å². The predicted octanol–water partition coefficient (Wildman–Crippen LogP) is 3.98. The van der Waals surface area contributed by atoms with Gasteiger partial charge in [-0.05, 0) is 68.0 Å². The molecule has 30 heavy (non-hydrogen) atoms. The standard InChI is InChI=1S/C23H30N2O4S/c1-5-20(18-10-11-21(29-4)17(3)14-18)24-23(26)19-9-8-16(2)22(15-19)30(27,28)25-12-6-7-13-25/h8-11,14-15,20H,5-7,12-13H2,1-4H3,(H,24,26)/t20-/m0/s1. The number of aryl methyl sites for hydroxylation is 2. The van der Waals surface area contributed by atoms with E-state index in [0.29, 0.717) is 30.6 Å². The molecule has 0 aromatic heterocycles. The summed E-state index contributed by atoms with van der Waals surface area (Å²) in [4.78, 5) is 13.2. The monoisotopic (exact) mass is 430 g/mol. The predicted molar refractivity (Wildman–Crippen MR) is 117 cm³/mol. The number of methoxy groups -OCH3 is 1. The molecule has 3 rings (SSSR count). The topological polar surface area (TPSA) is 75.7 Å². The summed E-state index contributed by atoms with van der Waals surface area (Å²) < 4.78 is 32.8. The van der Waals surface area contributed by atoms with E-state index in [9.17, 15) is 13.2 Å². The van der Waals surface area contributed by atoms with Crippen LogP contribution in [0.4, 0.5) is 0 Å². The molecule has 0 spiro atoms. The Morgan fingerprint density at radius 2 is 1.80 bits per heavy atom. The fourth-order valence-electron chi connectivity index (χ4n) is 3.87. The van der Waals surface area contributed by atoms with E-state index in [1.807, 2.05) is 32.0 Å². The van der Waals surface area contributed by atoms with Crippen LogP contribution in [0.1, 0.15) is 59.3 Å². The number of nitrogens with one attached hydrogen (secondary N) is 1. The van der Waals surface area contributed by atoms with Gasteiger partial charge in [0.2, 0.25) is 10.0 Å². The van der Waals surface area contributed by atoms with Crippen LogP contribution in [0.5, 0.6) is 5.75 Å². The molecule has 162 valence electrons. The zero-order valence-electron chi connectivity index (χ0n) is 18.1. The molecular formula is C23H30N2O4S. The van der Waals surface area contributed by atoms with E-state index < -0.39 is 10.0 Å². The van der Waals surface area contributed by atoms with Gasteiger partial charge in [-0.3, -0.25) is 4.79 Å². The summed E-state index contributed by atoms with van der Waals surface area (Å²) in [6.07, 6.45) is 2.46. The number of carbonyl (C=O) groups is 1. The Labute approximate surface area is 179 Å². The second-order valence-corrected chi connectivity index (χ2v) is 9.66. The van der Waals surface area contributed by atoms with E-state index in [1.54, 1.807) is 26.2 Å². The molecule has 0 aliphatic carbocycles. The van der Waals surface area contributed by atoms with E-state index in [2.05, 4.69) is 5.32 Å². The minimum atomic E-state index is -3.59. The highest BCUT2D eigenvalue weighted by Gasteiger charge is 2.29. The lowest BCUT2D eigenvalue weighted by atomic mass is 10.0. The maximum absolute atomic E-state index is 13.0. The van der Waals surface area contributed by atoms with Gasteiger partial charge in [-0.25, -0.2) is 8.42 Å². The first-order valence-corrected chi connectivity index (χ1v) is 11.8. The molecule has 0 bridgehead atoms. The van der Waals surface area contributed by atoms with E-state index in [4.69, 9.17) is 4.74 Å². The molecule has 1 fully saturated rings. The highest BCUT2D eigenvalue weighted by Crippen LogP contribution is 2.27. The van der Waals surface area contributed by atoms with E-state index in [1.165, 1.54) is 10.4 Å². The lowest BCUT2D eigenvalue weighted by molar-refractivity contribution is 0.0935. The van der Waals surface area contributed by atoms with Gasteiger partial charge in [-0.1, -0.05) is 25.1 Å². The Bertz CT molecular complexity index is 1030. The molecular weight excluding hydrogens is 400 g/mol. The van der Waals surface area contributed by atoms with Crippen molar-refractivity contribution in [1.82, 2.24) is 9.62 Å². The first-order valence-electron chi connectivity index (χ1n) is 10.3. The second-order valence-electron chi connectivity index (χ2n) is 7.75. The van der Waals surface area contributed by atoms with Gasteiger partial charge in [0.05, 0.1) is 18.0 Å². The lowest BCUT2D eigenvalue weighted by Gasteiger charge is -2.20. The zero-order chi connectivity index (χ0) is 21.9. The molecule has 6 nitrogen and oxygen atoms in total. The number of hydrogen-bond donors (Lipinski definition) is 1. The average Bonchev–Trinajstić information content (AvgIpc) is 3.28. The maximum Gasteiger partial charge on any atom is 0.251 e. The Kier molecular flexibility index (Phi) is 6.83. The Hall–Kier alpha value is -2.38.